The van der Waals surface area contributed by atoms with E-state index in [1.54, 1.807) is 10.9 Å². The van der Waals surface area contributed by atoms with E-state index in [0.29, 0.717) is 36.0 Å². The molecule has 0 spiro atoms. The van der Waals surface area contributed by atoms with Crippen molar-refractivity contribution in [3.8, 4) is 0 Å². The Balaban J connectivity index is 1.52. The van der Waals surface area contributed by atoms with Crippen LogP contribution in [0.3, 0.4) is 0 Å². The Morgan fingerprint density at radius 1 is 0.952 bits per heavy atom. The number of halogens is 1. The van der Waals surface area contributed by atoms with Crippen molar-refractivity contribution in [3.05, 3.63) is 146 Å². The number of nitrogens with one attached hydrogen (secondary N) is 1. The van der Waals surface area contributed by atoms with Gasteiger partial charge in [0.1, 0.15) is 11.8 Å². The van der Waals surface area contributed by atoms with Crippen molar-refractivity contribution in [1.29, 1.82) is 0 Å². The van der Waals surface area contributed by atoms with E-state index in [2.05, 4.69) is 43.6 Å². The zero-order valence-corrected chi connectivity index (χ0v) is 24.3. The Labute approximate surface area is 248 Å². The van der Waals surface area contributed by atoms with Gasteiger partial charge in [-0.1, -0.05) is 72.3 Å². The Morgan fingerprint density at radius 2 is 1.74 bits per heavy atom. The summed E-state index contributed by atoms with van der Waals surface area (Å²) in [6, 6.07) is 27.2. The summed E-state index contributed by atoms with van der Waals surface area (Å²) < 4.78 is 7.58. The number of aromatic nitrogens is 5. The number of pyridine rings is 1. The molecule has 3 heterocycles. The van der Waals surface area contributed by atoms with Gasteiger partial charge in [-0.15, -0.1) is 5.10 Å². The molecule has 1 N–H and O–H groups in total. The molecule has 0 saturated heterocycles. The third kappa shape index (κ3) is 5.77. The third-order valence-electron chi connectivity index (χ3n) is 7.66. The van der Waals surface area contributed by atoms with Gasteiger partial charge in [0.25, 0.3) is 5.56 Å². The highest BCUT2D eigenvalue weighted by Gasteiger charge is 2.32. The van der Waals surface area contributed by atoms with Crippen LogP contribution < -0.4 is 5.56 Å². The Kier molecular flexibility index (Phi) is 7.99. The molecule has 212 valence electrons. The summed E-state index contributed by atoms with van der Waals surface area (Å²) >= 11 is 6.66. The summed E-state index contributed by atoms with van der Waals surface area (Å²) in [6.07, 6.45) is 2.39. The number of aromatic amines is 1. The van der Waals surface area contributed by atoms with Gasteiger partial charge in [-0.2, -0.15) is 0 Å². The molecule has 1 atom stereocenters. The lowest BCUT2D eigenvalue weighted by molar-refractivity contribution is 0.179. The Morgan fingerprint density at radius 3 is 2.52 bits per heavy atom. The first kappa shape index (κ1) is 27.6. The lowest BCUT2D eigenvalue weighted by Crippen LogP contribution is -2.35. The summed E-state index contributed by atoms with van der Waals surface area (Å²) in [5.41, 5.74) is 5.35. The highest BCUT2D eigenvalue weighted by atomic mass is 35.5. The van der Waals surface area contributed by atoms with Crippen molar-refractivity contribution in [1.82, 2.24) is 30.1 Å². The minimum absolute atomic E-state index is 0.192. The van der Waals surface area contributed by atoms with Gasteiger partial charge in [0.05, 0.1) is 18.3 Å². The maximum atomic E-state index is 13.9. The van der Waals surface area contributed by atoms with Crippen LogP contribution in [0.2, 0.25) is 5.02 Å². The van der Waals surface area contributed by atoms with E-state index in [0.717, 1.165) is 39.8 Å². The molecule has 9 heteroatoms. The molecule has 6 rings (SSSR count). The van der Waals surface area contributed by atoms with Crippen molar-refractivity contribution in [3.63, 3.8) is 0 Å². The second-order valence-corrected chi connectivity index (χ2v) is 10.9. The van der Waals surface area contributed by atoms with Crippen molar-refractivity contribution in [2.75, 3.05) is 0 Å². The molecule has 0 bridgehead atoms. The van der Waals surface area contributed by atoms with Gasteiger partial charge in [0.2, 0.25) is 0 Å². The molecule has 42 heavy (non-hydrogen) atoms. The van der Waals surface area contributed by atoms with Crippen LogP contribution in [-0.4, -0.2) is 30.1 Å². The number of benzene rings is 3. The van der Waals surface area contributed by atoms with E-state index in [1.807, 2.05) is 80.6 Å². The first-order valence-corrected chi connectivity index (χ1v) is 14.3. The average Bonchev–Trinajstić information content (AvgIpc) is 3.69. The van der Waals surface area contributed by atoms with E-state index in [4.69, 9.17) is 16.0 Å². The Bertz CT molecular complexity index is 1860. The number of aryl methyl sites for hydroxylation is 4. The molecule has 0 aliphatic rings. The number of tetrazole rings is 1. The number of nitrogens with zero attached hydrogens (tertiary/aromatic N) is 5. The molecule has 8 nitrogen and oxygen atoms in total. The third-order valence-corrected chi connectivity index (χ3v) is 8.03. The average molecular weight is 579 g/mol. The van der Waals surface area contributed by atoms with Gasteiger partial charge in [-0.05, 0) is 77.2 Å². The van der Waals surface area contributed by atoms with Crippen LogP contribution in [0.5, 0.6) is 0 Å². The minimum Gasteiger partial charge on any atom is -0.468 e. The minimum atomic E-state index is -0.606. The highest BCUT2D eigenvalue weighted by Crippen LogP contribution is 2.32. The van der Waals surface area contributed by atoms with Gasteiger partial charge < -0.3 is 9.40 Å². The summed E-state index contributed by atoms with van der Waals surface area (Å²) in [5, 5.41) is 14.6. The molecule has 0 aliphatic carbocycles. The lowest BCUT2D eigenvalue weighted by Gasteiger charge is -2.31. The number of hydrogen-bond acceptors (Lipinski definition) is 6. The number of hydrogen-bond donors (Lipinski definition) is 1. The molecule has 3 aromatic heterocycles. The van der Waals surface area contributed by atoms with E-state index in [-0.39, 0.29) is 5.56 Å². The standard InChI is InChI=1S/C33H31ClN6O2/c1-22-14-15-23(2)30-27(22)19-28(33(41)35-30)31(32-36-37-38-40(32)17-16-24-9-4-3-5-10-24)39(21-26-12-8-18-42-26)20-25-11-6-7-13-29(25)34/h3-15,18-19,31H,16-17,20-21H2,1-2H3,(H,35,41). The van der Waals surface area contributed by atoms with Crippen LogP contribution in [0.1, 0.15) is 45.4 Å². The van der Waals surface area contributed by atoms with Crippen LogP contribution in [0, 0.1) is 13.8 Å². The smallest absolute Gasteiger partial charge is 0.253 e. The molecular weight excluding hydrogens is 548 g/mol. The molecule has 1 unspecified atom stereocenters. The number of rotatable bonds is 10. The second-order valence-electron chi connectivity index (χ2n) is 10.5. The Hall–Kier alpha value is -4.53. The summed E-state index contributed by atoms with van der Waals surface area (Å²) in [5.74, 6) is 1.32. The summed E-state index contributed by atoms with van der Waals surface area (Å²) in [4.78, 5) is 19.3. The van der Waals surface area contributed by atoms with Gasteiger partial charge in [-0.3, -0.25) is 9.69 Å². The zero-order valence-electron chi connectivity index (χ0n) is 23.5. The molecule has 0 amide bonds. The summed E-state index contributed by atoms with van der Waals surface area (Å²) in [7, 11) is 0. The van der Waals surface area contributed by atoms with Gasteiger partial charge in [-0.25, -0.2) is 4.68 Å². The van der Waals surface area contributed by atoms with E-state index in [9.17, 15) is 4.79 Å². The SMILES string of the molecule is Cc1ccc(C)c2[nH]c(=O)c(C(c3nnnn3CCc3ccccc3)N(Cc3ccco3)Cc3ccccc3Cl)cc12. The molecule has 0 aliphatic heterocycles. The fraction of sp³-hybridized carbons (Fsp3) is 0.212. The molecule has 0 radical (unpaired) electrons. The normalized spacial score (nSPS) is 12.3. The van der Waals surface area contributed by atoms with E-state index < -0.39 is 6.04 Å². The molecule has 3 aromatic carbocycles. The van der Waals surface area contributed by atoms with Gasteiger partial charge in [0.15, 0.2) is 5.82 Å². The van der Waals surface area contributed by atoms with Gasteiger partial charge >= 0.3 is 0 Å². The number of fused-ring (bicyclic) bond motifs is 1. The maximum Gasteiger partial charge on any atom is 0.253 e. The molecular formula is C33H31ClN6O2. The highest BCUT2D eigenvalue weighted by molar-refractivity contribution is 6.31. The van der Waals surface area contributed by atoms with Crippen LogP contribution in [0.4, 0.5) is 0 Å². The maximum absolute atomic E-state index is 13.9. The number of H-pyrrole nitrogens is 1. The fourth-order valence-electron chi connectivity index (χ4n) is 5.43. The largest absolute Gasteiger partial charge is 0.468 e. The first-order chi connectivity index (χ1) is 20.5. The van der Waals surface area contributed by atoms with Crippen LogP contribution in [0.15, 0.2) is 100 Å². The van der Waals surface area contributed by atoms with Crippen LogP contribution in [-0.2, 0) is 26.1 Å². The molecule has 0 saturated carbocycles. The fourth-order valence-corrected chi connectivity index (χ4v) is 5.62. The predicted molar refractivity (Wildman–Crippen MR) is 163 cm³/mol. The van der Waals surface area contributed by atoms with E-state index in [1.165, 1.54) is 5.56 Å². The van der Waals surface area contributed by atoms with Crippen molar-refractivity contribution < 1.29 is 4.42 Å². The van der Waals surface area contributed by atoms with Crippen LogP contribution >= 0.6 is 11.6 Å². The zero-order chi connectivity index (χ0) is 29.1. The van der Waals surface area contributed by atoms with Crippen molar-refractivity contribution >= 4 is 22.5 Å². The second kappa shape index (κ2) is 12.1. The summed E-state index contributed by atoms with van der Waals surface area (Å²) in [6.45, 7) is 5.43. The lowest BCUT2D eigenvalue weighted by atomic mass is 9.99. The first-order valence-electron chi connectivity index (χ1n) is 13.9. The monoisotopic (exact) mass is 578 g/mol. The van der Waals surface area contributed by atoms with Gasteiger partial charge in [0, 0.05) is 29.1 Å². The van der Waals surface area contributed by atoms with Crippen LogP contribution in [0.25, 0.3) is 10.9 Å². The van der Waals surface area contributed by atoms with E-state index >= 15 is 0 Å². The van der Waals surface area contributed by atoms with Crippen molar-refractivity contribution in [2.45, 2.75) is 45.9 Å². The quantitative estimate of drug-likeness (QED) is 0.202. The predicted octanol–water partition coefficient (Wildman–Crippen LogP) is 6.41. The van der Waals surface area contributed by atoms with Crippen molar-refractivity contribution in [2.24, 2.45) is 0 Å². The molecule has 0 fully saturated rings. The number of furan rings is 1. The molecule has 6 aromatic rings. The topological polar surface area (TPSA) is 92.8 Å².